The van der Waals surface area contributed by atoms with Crippen LogP contribution in [0, 0.1) is 0 Å². The quantitative estimate of drug-likeness (QED) is 0.807. The molecule has 2 heterocycles. The minimum atomic E-state index is 0.286. The second kappa shape index (κ2) is 5.98. The number of rotatable bonds is 5. The van der Waals surface area contributed by atoms with Gasteiger partial charge >= 0.3 is 0 Å². The van der Waals surface area contributed by atoms with Crippen LogP contribution in [0.5, 0.6) is 0 Å². The molecule has 1 aliphatic heterocycles. The summed E-state index contributed by atoms with van der Waals surface area (Å²) in [6.07, 6.45) is 6.32. The fraction of sp³-hybridized carbons (Fsp3) is 0.615. The van der Waals surface area contributed by atoms with Gasteiger partial charge < -0.3 is 15.7 Å². The summed E-state index contributed by atoms with van der Waals surface area (Å²) < 4.78 is 0. The Balaban J connectivity index is 2.03. The van der Waals surface area contributed by atoms with Gasteiger partial charge in [-0.3, -0.25) is 4.98 Å². The molecule has 1 aliphatic rings. The summed E-state index contributed by atoms with van der Waals surface area (Å²) in [5.41, 5.74) is 7.66. The van der Waals surface area contributed by atoms with E-state index >= 15 is 0 Å². The van der Waals surface area contributed by atoms with Gasteiger partial charge in [0, 0.05) is 25.7 Å². The minimum absolute atomic E-state index is 0.286. The summed E-state index contributed by atoms with van der Waals surface area (Å²) in [6.45, 7) is 1.88. The highest BCUT2D eigenvalue weighted by Crippen LogP contribution is 2.27. The number of aliphatic hydroxyl groups excluding tert-OH is 1. The second-order valence-electron chi connectivity index (χ2n) is 4.57. The van der Waals surface area contributed by atoms with Gasteiger partial charge in [-0.25, -0.2) is 0 Å². The fourth-order valence-corrected chi connectivity index (χ4v) is 2.51. The van der Waals surface area contributed by atoms with E-state index in [0.717, 1.165) is 25.1 Å². The third kappa shape index (κ3) is 2.96. The van der Waals surface area contributed by atoms with Crippen LogP contribution >= 0.6 is 0 Å². The molecule has 0 aliphatic carbocycles. The monoisotopic (exact) mass is 235 g/mol. The van der Waals surface area contributed by atoms with Gasteiger partial charge in [-0.2, -0.15) is 0 Å². The molecule has 0 aromatic carbocycles. The Morgan fingerprint density at radius 3 is 3.00 bits per heavy atom. The molecule has 4 nitrogen and oxygen atoms in total. The van der Waals surface area contributed by atoms with Crippen LogP contribution in [0.2, 0.25) is 0 Å². The van der Waals surface area contributed by atoms with Crippen molar-refractivity contribution in [1.82, 2.24) is 4.98 Å². The number of aromatic nitrogens is 1. The summed E-state index contributed by atoms with van der Waals surface area (Å²) in [6, 6.07) is 4.66. The smallest absolute Gasteiger partial charge is 0.0555 e. The first-order valence-electron chi connectivity index (χ1n) is 6.37. The van der Waals surface area contributed by atoms with Crippen LogP contribution in [0.15, 0.2) is 18.3 Å². The van der Waals surface area contributed by atoms with E-state index in [1.165, 1.54) is 18.5 Å². The van der Waals surface area contributed by atoms with Crippen molar-refractivity contribution in [2.24, 2.45) is 5.73 Å². The van der Waals surface area contributed by atoms with E-state index < -0.39 is 0 Å². The lowest BCUT2D eigenvalue weighted by molar-refractivity contribution is 0.279. The third-order valence-corrected chi connectivity index (χ3v) is 3.42. The topological polar surface area (TPSA) is 62.4 Å². The molecule has 0 radical (unpaired) electrons. The molecule has 4 heteroatoms. The van der Waals surface area contributed by atoms with Crippen molar-refractivity contribution in [1.29, 1.82) is 0 Å². The van der Waals surface area contributed by atoms with Crippen LogP contribution in [0.1, 0.15) is 31.4 Å². The predicted molar refractivity (Wildman–Crippen MR) is 68.8 cm³/mol. The van der Waals surface area contributed by atoms with Crippen LogP contribution in [-0.2, 0) is 6.54 Å². The lowest BCUT2D eigenvalue weighted by atomic mass is 10.1. The van der Waals surface area contributed by atoms with E-state index in [4.69, 9.17) is 10.8 Å². The van der Waals surface area contributed by atoms with Gasteiger partial charge in [-0.1, -0.05) is 0 Å². The molecule has 94 valence electrons. The SMILES string of the molecule is NCc1ccc(N2CCCC2CCCO)cn1. The third-order valence-electron chi connectivity index (χ3n) is 3.42. The molecule has 0 amide bonds. The first-order valence-corrected chi connectivity index (χ1v) is 6.37. The summed E-state index contributed by atoms with van der Waals surface area (Å²) in [4.78, 5) is 6.75. The van der Waals surface area contributed by atoms with Crippen molar-refractivity contribution >= 4 is 5.69 Å². The molecule has 0 spiro atoms. The van der Waals surface area contributed by atoms with Crippen molar-refractivity contribution in [2.45, 2.75) is 38.3 Å². The minimum Gasteiger partial charge on any atom is -0.396 e. The van der Waals surface area contributed by atoms with Gasteiger partial charge in [0.2, 0.25) is 0 Å². The van der Waals surface area contributed by atoms with E-state index in [-0.39, 0.29) is 6.61 Å². The maximum Gasteiger partial charge on any atom is 0.0555 e. The first-order chi connectivity index (χ1) is 8.35. The van der Waals surface area contributed by atoms with Crippen LogP contribution < -0.4 is 10.6 Å². The molecule has 17 heavy (non-hydrogen) atoms. The van der Waals surface area contributed by atoms with Gasteiger partial charge in [0.25, 0.3) is 0 Å². The maximum atomic E-state index is 8.91. The van der Waals surface area contributed by atoms with Crippen LogP contribution in [0.25, 0.3) is 0 Å². The van der Waals surface area contributed by atoms with Crippen molar-refractivity contribution in [2.75, 3.05) is 18.1 Å². The van der Waals surface area contributed by atoms with Gasteiger partial charge in [-0.05, 0) is 37.8 Å². The highest BCUT2D eigenvalue weighted by atomic mass is 16.2. The average molecular weight is 235 g/mol. The number of nitrogens with zero attached hydrogens (tertiary/aromatic N) is 2. The maximum absolute atomic E-state index is 8.91. The Bertz CT molecular complexity index is 339. The van der Waals surface area contributed by atoms with Crippen molar-refractivity contribution in [3.05, 3.63) is 24.0 Å². The van der Waals surface area contributed by atoms with Crippen molar-refractivity contribution < 1.29 is 5.11 Å². The van der Waals surface area contributed by atoms with Gasteiger partial charge in [0.15, 0.2) is 0 Å². The molecule has 1 unspecified atom stereocenters. The molecule has 1 atom stereocenters. The normalized spacial score (nSPS) is 19.9. The van der Waals surface area contributed by atoms with Crippen LogP contribution in [0.4, 0.5) is 5.69 Å². The Morgan fingerprint density at radius 2 is 2.35 bits per heavy atom. The highest BCUT2D eigenvalue weighted by Gasteiger charge is 2.24. The highest BCUT2D eigenvalue weighted by molar-refractivity contribution is 5.46. The molecule has 1 aromatic rings. The molecule has 3 N–H and O–H groups in total. The summed E-state index contributed by atoms with van der Waals surface area (Å²) in [5, 5.41) is 8.91. The van der Waals surface area contributed by atoms with E-state index in [2.05, 4.69) is 16.0 Å². The summed E-state index contributed by atoms with van der Waals surface area (Å²) >= 11 is 0. The van der Waals surface area contributed by atoms with Crippen LogP contribution in [-0.4, -0.2) is 29.3 Å². The van der Waals surface area contributed by atoms with E-state index in [1.54, 1.807) is 0 Å². The van der Waals surface area contributed by atoms with Gasteiger partial charge in [0.1, 0.15) is 0 Å². The molecule has 0 saturated carbocycles. The van der Waals surface area contributed by atoms with E-state index in [9.17, 15) is 0 Å². The summed E-state index contributed by atoms with van der Waals surface area (Å²) in [7, 11) is 0. The largest absolute Gasteiger partial charge is 0.396 e. The van der Waals surface area contributed by atoms with Gasteiger partial charge in [-0.15, -0.1) is 0 Å². The lowest BCUT2D eigenvalue weighted by Crippen LogP contribution is -2.29. The molecular formula is C13H21N3O. The Morgan fingerprint density at radius 1 is 1.47 bits per heavy atom. The van der Waals surface area contributed by atoms with Gasteiger partial charge in [0.05, 0.1) is 17.6 Å². The van der Waals surface area contributed by atoms with Crippen molar-refractivity contribution in [3.63, 3.8) is 0 Å². The lowest BCUT2D eigenvalue weighted by Gasteiger charge is -2.26. The molecule has 0 bridgehead atoms. The first kappa shape index (κ1) is 12.3. The molecule has 1 saturated heterocycles. The standard InChI is InChI=1S/C13H21N3O/c14-9-11-5-6-13(10-15-11)16-7-1-3-12(16)4-2-8-17/h5-6,10,12,17H,1-4,7-9,14H2. The predicted octanol–water partition coefficient (Wildman–Crippen LogP) is 1.28. The zero-order valence-corrected chi connectivity index (χ0v) is 10.2. The Kier molecular flexibility index (Phi) is 4.34. The Hall–Kier alpha value is -1.13. The number of aliphatic hydroxyl groups is 1. The number of hydrogen-bond acceptors (Lipinski definition) is 4. The number of pyridine rings is 1. The average Bonchev–Trinajstić information content (AvgIpc) is 2.84. The zero-order valence-electron chi connectivity index (χ0n) is 10.2. The van der Waals surface area contributed by atoms with E-state index in [1.807, 2.05) is 12.3 Å². The van der Waals surface area contributed by atoms with Crippen molar-refractivity contribution in [3.8, 4) is 0 Å². The number of nitrogens with two attached hydrogens (primary N) is 1. The zero-order chi connectivity index (χ0) is 12.1. The Labute approximate surface area is 102 Å². The fourth-order valence-electron chi connectivity index (χ4n) is 2.51. The molecule has 1 fully saturated rings. The molecule has 2 rings (SSSR count). The molecule has 1 aromatic heterocycles. The van der Waals surface area contributed by atoms with Crippen LogP contribution in [0.3, 0.4) is 0 Å². The number of anilines is 1. The summed E-state index contributed by atoms with van der Waals surface area (Å²) in [5.74, 6) is 0. The molecular weight excluding hydrogens is 214 g/mol. The second-order valence-corrected chi connectivity index (χ2v) is 4.57. The number of hydrogen-bond donors (Lipinski definition) is 2. The van der Waals surface area contributed by atoms with E-state index in [0.29, 0.717) is 12.6 Å².